The Kier molecular flexibility index (Phi) is 12.9. The molecule has 0 aliphatic rings. The molecular weight excluding hydrogens is 1260 g/mol. The zero-order valence-corrected chi connectivity index (χ0v) is 55.4. The summed E-state index contributed by atoms with van der Waals surface area (Å²) < 4.78 is 11.9. The first-order valence-electron chi connectivity index (χ1n) is 34.8. The van der Waals surface area contributed by atoms with Gasteiger partial charge in [-0.05, 0) is 108 Å². The van der Waals surface area contributed by atoms with Gasteiger partial charge in [0, 0.05) is 81.9 Å². The Balaban J connectivity index is 0.872. The fraction of sp³-hybridized carbons (Fsp3) is 0. The van der Waals surface area contributed by atoms with Crippen molar-refractivity contribution in [2.45, 2.75) is 0 Å². The van der Waals surface area contributed by atoms with E-state index in [1.54, 1.807) is 0 Å². The number of nitrogens with zero attached hydrogens (tertiary/aromatic N) is 9. The Bertz CT molecular complexity index is 6830. The average molecular weight is 1310 g/mol. The Morgan fingerprint density at radius 3 is 0.835 bits per heavy atom. The average Bonchev–Trinajstić information content (AvgIpc) is 1.62. The molecule has 21 aromatic rings. The molecule has 15 aromatic carbocycles. The van der Waals surface area contributed by atoms with Crippen molar-refractivity contribution in [1.82, 2.24) is 37.8 Å². The summed E-state index contributed by atoms with van der Waals surface area (Å²) in [5.41, 5.74) is 21.1. The highest BCUT2D eigenvalue weighted by Crippen LogP contribution is 2.52. The number of hydrogen-bond donors (Lipinski definition) is 0. The minimum Gasteiger partial charge on any atom is -0.309 e. The molecular formula is C94H57N9. The molecule has 0 N–H and O–H groups in total. The van der Waals surface area contributed by atoms with Crippen molar-refractivity contribution in [2.75, 3.05) is 0 Å². The van der Waals surface area contributed by atoms with E-state index in [-0.39, 0.29) is 0 Å². The molecule has 6 aromatic heterocycles. The maximum absolute atomic E-state index is 13.1. The first-order valence-corrected chi connectivity index (χ1v) is 34.8. The van der Waals surface area contributed by atoms with E-state index < -0.39 is 0 Å². The maximum Gasteiger partial charge on any atom is 0.168 e. The van der Waals surface area contributed by atoms with Crippen molar-refractivity contribution < 1.29 is 0 Å². The van der Waals surface area contributed by atoms with E-state index in [9.17, 15) is 5.26 Å². The largest absolute Gasteiger partial charge is 0.309 e. The van der Waals surface area contributed by atoms with Crippen LogP contribution in [0, 0.1) is 11.3 Å². The van der Waals surface area contributed by atoms with Crippen LogP contribution in [0.2, 0.25) is 0 Å². The molecule has 0 aliphatic heterocycles. The number of para-hydroxylation sites is 9. The molecule has 0 spiro atoms. The Labute approximate surface area is 590 Å². The standard InChI is InChI=1S/C94H57N9/c95-58-76-87(60-49-54-65(55-50-60)100-79-40-18-15-37-74(79)75-57-63(51-56-86(75)100)59-47-52-64(53-48-59)99-77-38-16-7-29-66(77)67-30-8-17-39-78(67)99)90(102-82-43-21-11-33-70(82)71-34-12-22-44-83(71)102)91(103-84-45-23-13-35-72(84)73-36-14-24-46-85(73)103)88(89(76)101-80-41-19-9-31-68(80)69-32-10-20-42-81(69)101)94-97-92(61-25-3-1-4-26-61)96-93(98-94)62-27-5-2-6-28-62/h1-57H. The highest BCUT2D eigenvalue weighted by Gasteiger charge is 2.36. The van der Waals surface area contributed by atoms with Crippen LogP contribution in [-0.4, -0.2) is 37.8 Å². The van der Waals surface area contributed by atoms with E-state index in [0.717, 1.165) is 143 Å². The Morgan fingerprint density at radius 2 is 0.476 bits per heavy atom. The Morgan fingerprint density at radius 1 is 0.204 bits per heavy atom. The van der Waals surface area contributed by atoms with Crippen molar-refractivity contribution in [3.63, 3.8) is 0 Å². The van der Waals surface area contributed by atoms with Gasteiger partial charge in [0.2, 0.25) is 0 Å². The molecule has 0 fully saturated rings. The van der Waals surface area contributed by atoms with Crippen LogP contribution in [0.25, 0.3) is 194 Å². The molecule has 0 atom stereocenters. The summed E-state index contributed by atoms with van der Waals surface area (Å²) >= 11 is 0. The number of aromatic nitrogens is 8. The van der Waals surface area contributed by atoms with Crippen molar-refractivity contribution in [1.29, 1.82) is 5.26 Å². The summed E-state index contributed by atoms with van der Waals surface area (Å²) in [4.78, 5) is 16.9. The highest BCUT2D eigenvalue weighted by molar-refractivity contribution is 6.17. The van der Waals surface area contributed by atoms with Gasteiger partial charge in [0.25, 0.3) is 0 Å². The lowest BCUT2D eigenvalue weighted by molar-refractivity contribution is 1.03. The smallest absolute Gasteiger partial charge is 0.168 e. The van der Waals surface area contributed by atoms with Gasteiger partial charge in [0.1, 0.15) is 6.07 Å². The summed E-state index contributed by atoms with van der Waals surface area (Å²) in [5, 5.41) is 24.3. The molecule has 9 nitrogen and oxygen atoms in total. The van der Waals surface area contributed by atoms with E-state index in [2.05, 4.69) is 338 Å². The second-order valence-corrected chi connectivity index (χ2v) is 26.5. The third-order valence-corrected chi connectivity index (χ3v) is 21.0. The van der Waals surface area contributed by atoms with Crippen LogP contribution >= 0.6 is 0 Å². The topological polar surface area (TPSA) is 87.1 Å². The second-order valence-electron chi connectivity index (χ2n) is 26.5. The van der Waals surface area contributed by atoms with Crippen LogP contribution in [0.4, 0.5) is 0 Å². The number of rotatable bonds is 10. The lowest BCUT2D eigenvalue weighted by Crippen LogP contribution is -2.15. The minimum atomic E-state index is 0.396. The van der Waals surface area contributed by atoms with Crippen molar-refractivity contribution in [3.05, 3.63) is 351 Å². The zero-order chi connectivity index (χ0) is 67.8. The van der Waals surface area contributed by atoms with Gasteiger partial charge in [-0.15, -0.1) is 0 Å². The minimum absolute atomic E-state index is 0.396. The van der Waals surface area contributed by atoms with Crippen molar-refractivity contribution in [2.24, 2.45) is 0 Å². The van der Waals surface area contributed by atoms with Gasteiger partial charge in [-0.3, -0.25) is 0 Å². The quantitative estimate of drug-likeness (QED) is 0.136. The van der Waals surface area contributed by atoms with E-state index in [4.69, 9.17) is 15.0 Å². The van der Waals surface area contributed by atoms with Gasteiger partial charge in [-0.1, -0.05) is 255 Å². The molecule has 0 amide bonds. The van der Waals surface area contributed by atoms with Gasteiger partial charge >= 0.3 is 0 Å². The van der Waals surface area contributed by atoms with Crippen molar-refractivity contribution in [3.8, 4) is 90.9 Å². The molecule has 0 aliphatic carbocycles. The molecule has 6 heterocycles. The van der Waals surface area contributed by atoms with E-state index >= 15 is 0 Å². The van der Waals surface area contributed by atoms with E-state index in [1.165, 1.54) is 21.8 Å². The molecule has 0 unspecified atom stereocenters. The summed E-state index contributed by atoms with van der Waals surface area (Å²) in [5.74, 6) is 1.38. The van der Waals surface area contributed by atoms with Crippen LogP contribution in [0.15, 0.2) is 346 Å². The first kappa shape index (κ1) is 57.8. The summed E-state index contributed by atoms with van der Waals surface area (Å²) in [6.07, 6.45) is 0. The van der Waals surface area contributed by atoms with E-state index in [1.807, 2.05) is 36.4 Å². The predicted molar refractivity (Wildman–Crippen MR) is 423 cm³/mol. The summed E-state index contributed by atoms with van der Waals surface area (Å²) in [6, 6.07) is 126. The molecule has 478 valence electrons. The number of hydrogen-bond acceptors (Lipinski definition) is 4. The molecule has 0 bridgehead atoms. The molecule has 9 heteroatoms. The SMILES string of the molecule is N#Cc1c(-c2ccc(-n3c4ccccc4c4cc(-c5ccc(-n6c7ccccc7c7ccccc76)cc5)ccc43)cc2)c(-n2c3ccccc3c3ccccc32)c(-n2c3ccccc3c3ccccc32)c(-c2nc(-c3ccccc3)nc(-c3ccccc3)n2)c1-n1c2ccccc2c2ccccc21. The maximum atomic E-state index is 13.1. The molecule has 21 rings (SSSR count). The molecule has 0 saturated carbocycles. The molecule has 0 radical (unpaired) electrons. The number of fused-ring (bicyclic) bond motifs is 15. The monoisotopic (exact) mass is 1310 g/mol. The zero-order valence-electron chi connectivity index (χ0n) is 55.4. The van der Waals surface area contributed by atoms with Crippen molar-refractivity contribution >= 4 is 109 Å². The van der Waals surface area contributed by atoms with Crippen LogP contribution in [-0.2, 0) is 0 Å². The number of benzene rings is 15. The van der Waals surface area contributed by atoms with Crippen LogP contribution in [0.1, 0.15) is 5.56 Å². The van der Waals surface area contributed by atoms with Gasteiger partial charge in [-0.2, -0.15) is 5.26 Å². The fourth-order valence-corrected chi connectivity index (χ4v) is 16.6. The van der Waals surface area contributed by atoms with Crippen LogP contribution in [0.5, 0.6) is 0 Å². The molecule has 103 heavy (non-hydrogen) atoms. The normalized spacial score (nSPS) is 11.9. The highest BCUT2D eigenvalue weighted by atomic mass is 15.1. The third kappa shape index (κ3) is 8.75. The Hall–Kier alpha value is -14.2. The van der Waals surface area contributed by atoms with E-state index in [0.29, 0.717) is 34.3 Å². The third-order valence-electron chi connectivity index (χ3n) is 21.0. The summed E-state index contributed by atoms with van der Waals surface area (Å²) in [6.45, 7) is 0. The number of nitriles is 1. The lowest BCUT2D eigenvalue weighted by atomic mass is 9.90. The summed E-state index contributed by atoms with van der Waals surface area (Å²) in [7, 11) is 0. The fourth-order valence-electron chi connectivity index (χ4n) is 16.6. The van der Waals surface area contributed by atoms with Gasteiger partial charge < -0.3 is 22.8 Å². The molecule has 0 saturated heterocycles. The van der Waals surface area contributed by atoms with Gasteiger partial charge in [0.15, 0.2) is 17.5 Å². The van der Waals surface area contributed by atoms with Crippen LogP contribution in [0.3, 0.4) is 0 Å². The second kappa shape index (κ2) is 22.9. The lowest BCUT2D eigenvalue weighted by Gasteiger charge is -2.28. The first-order chi connectivity index (χ1) is 51.1. The van der Waals surface area contributed by atoms with Gasteiger partial charge in [-0.25, -0.2) is 15.0 Å². The van der Waals surface area contributed by atoms with Gasteiger partial charge in [0.05, 0.1) is 83.4 Å². The van der Waals surface area contributed by atoms with Crippen LogP contribution < -0.4 is 0 Å². The predicted octanol–water partition coefficient (Wildman–Crippen LogP) is 23.6.